The Labute approximate surface area is 201 Å². The topological polar surface area (TPSA) is 85.6 Å². The summed E-state index contributed by atoms with van der Waals surface area (Å²) < 4.78 is 15.7. The van der Waals surface area contributed by atoms with E-state index in [1.165, 1.54) is 16.9 Å². The van der Waals surface area contributed by atoms with Crippen molar-refractivity contribution in [2.45, 2.75) is 13.0 Å². The van der Waals surface area contributed by atoms with Crippen molar-refractivity contribution in [1.29, 1.82) is 0 Å². The summed E-state index contributed by atoms with van der Waals surface area (Å²) in [5.74, 6) is -0.418. The smallest absolute Gasteiger partial charge is 0.255 e. The van der Waals surface area contributed by atoms with Crippen molar-refractivity contribution in [3.63, 3.8) is 0 Å². The Bertz CT molecular complexity index is 1430. The van der Waals surface area contributed by atoms with Gasteiger partial charge in [-0.1, -0.05) is 42.5 Å². The first-order valence-corrected chi connectivity index (χ1v) is 11.0. The highest BCUT2D eigenvalue weighted by Crippen LogP contribution is 2.24. The first kappa shape index (κ1) is 22.1. The van der Waals surface area contributed by atoms with E-state index in [2.05, 4.69) is 25.4 Å². The van der Waals surface area contributed by atoms with Gasteiger partial charge in [-0.2, -0.15) is 5.10 Å². The lowest BCUT2D eigenvalue weighted by Crippen LogP contribution is -2.29. The van der Waals surface area contributed by atoms with E-state index >= 15 is 0 Å². The zero-order valence-electron chi connectivity index (χ0n) is 18.8. The number of carbonyl (C=O) groups excluding carboxylic acids is 1. The molecule has 0 bridgehead atoms. The van der Waals surface area contributed by atoms with Gasteiger partial charge in [0.25, 0.3) is 11.9 Å². The Balaban J connectivity index is 1.45. The number of hydrogen-bond donors (Lipinski definition) is 1. The molecule has 7 nitrogen and oxygen atoms in total. The van der Waals surface area contributed by atoms with E-state index in [9.17, 15) is 9.18 Å². The van der Waals surface area contributed by atoms with Crippen LogP contribution >= 0.6 is 0 Å². The predicted molar refractivity (Wildman–Crippen MR) is 129 cm³/mol. The van der Waals surface area contributed by atoms with Gasteiger partial charge in [-0.25, -0.2) is 19.0 Å². The van der Waals surface area contributed by atoms with Gasteiger partial charge < -0.3 is 5.32 Å². The lowest BCUT2D eigenvalue weighted by Gasteiger charge is -2.19. The molecule has 3 heterocycles. The molecule has 0 saturated heterocycles. The summed E-state index contributed by atoms with van der Waals surface area (Å²) in [4.78, 5) is 26.2. The van der Waals surface area contributed by atoms with Crippen molar-refractivity contribution in [3.05, 3.63) is 126 Å². The lowest BCUT2D eigenvalue weighted by atomic mass is 9.99. The van der Waals surface area contributed by atoms with E-state index in [1.54, 1.807) is 49.8 Å². The van der Waals surface area contributed by atoms with E-state index < -0.39 is 0 Å². The van der Waals surface area contributed by atoms with Crippen molar-refractivity contribution in [1.82, 2.24) is 30.0 Å². The van der Waals surface area contributed by atoms with Gasteiger partial charge in [0.05, 0.1) is 29.2 Å². The third kappa shape index (κ3) is 4.54. The number of halogens is 1. The number of aromatic nitrogens is 5. The number of benzene rings is 2. The van der Waals surface area contributed by atoms with Gasteiger partial charge in [0.2, 0.25) is 0 Å². The van der Waals surface area contributed by atoms with E-state index in [0.29, 0.717) is 22.5 Å². The van der Waals surface area contributed by atoms with Crippen molar-refractivity contribution in [2.24, 2.45) is 0 Å². The van der Waals surface area contributed by atoms with Crippen molar-refractivity contribution >= 4 is 5.91 Å². The second kappa shape index (κ2) is 9.64. The summed E-state index contributed by atoms with van der Waals surface area (Å²) in [6, 6.07) is 21.1. The van der Waals surface area contributed by atoms with Crippen LogP contribution in [-0.4, -0.2) is 30.6 Å². The zero-order chi connectivity index (χ0) is 24.2. The molecular formula is C27H21FN6O. The van der Waals surface area contributed by atoms with Gasteiger partial charge in [-0.15, -0.1) is 0 Å². The molecule has 5 aromatic rings. The van der Waals surface area contributed by atoms with Crippen LogP contribution in [0.25, 0.3) is 17.2 Å². The number of carbonyl (C=O) groups is 1. The maximum absolute atomic E-state index is 14.3. The molecule has 0 aliphatic rings. The normalized spacial score (nSPS) is 11.7. The molecular weight excluding hydrogens is 443 g/mol. The molecule has 1 atom stereocenters. The fourth-order valence-corrected chi connectivity index (χ4v) is 3.87. The summed E-state index contributed by atoms with van der Waals surface area (Å²) in [7, 11) is 0. The molecule has 2 aromatic carbocycles. The second-order valence-electron chi connectivity index (χ2n) is 7.87. The minimum absolute atomic E-state index is 0.246. The third-order valence-electron chi connectivity index (χ3n) is 5.68. The van der Waals surface area contributed by atoms with Crippen LogP contribution in [0, 0.1) is 12.7 Å². The number of amides is 1. The number of nitrogens with one attached hydrogen (secondary N) is 1. The molecule has 3 aromatic heterocycles. The van der Waals surface area contributed by atoms with Gasteiger partial charge in [0.15, 0.2) is 0 Å². The average Bonchev–Trinajstić information content (AvgIpc) is 3.30. The number of rotatable bonds is 6. The fraction of sp³-hybridized carbons (Fsp3) is 0.0741. The molecule has 35 heavy (non-hydrogen) atoms. The van der Waals surface area contributed by atoms with Gasteiger partial charge in [0, 0.05) is 24.2 Å². The van der Waals surface area contributed by atoms with Crippen LogP contribution in [0.2, 0.25) is 0 Å². The molecule has 1 amide bonds. The quantitative estimate of drug-likeness (QED) is 0.394. The molecule has 0 spiro atoms. The maximum Gasteiger partial charge on any atom is 0.255 e. The van der Waals surface area contributed by atoms with Gasteiger partial charge in [-0.05, 0) is 48.4 Å². The molecule has 0 saturated carbocycles. The molecule has 172 valence electrons. The molecule has 0 aliphatic carbocycles. The number of hydrogen-bond acceptors (Lipinski definition) is 5. The Morgan fingerprint density at radius 2 is 1.63 bits per heavy atom. The monoisotopic (exact) mass is 464 g/mol. The highest BCUT2D eigenvalue weighted by molar-refractivity contribution is 5.95. The van der Waals surface area contributed by atoms with Crippen LogP contribution in [0.4, 0.5) is 4.39 Å². The fourth-order valence-electron chi connectivity index (χ4n) is 3.87. The Morgan fingerprint density at radius 3 is 2.40 bits per heavy atom. The SMILES string of the molecule is Cc1c(C(=O)NC(c2ccccc2)c2ccncc2)cnn1-c1nccc(-c2ccccc2F)n1. The van der Waals surface area contributed by atoms with E-state index in [0.717, 1.165) is 11.1 Å². The number of nitrogens with zero attached hydrogens (tertiary/aromatic N) is 5. The predicted octanol–water partition coefficient (Wildman–Crippen LogP) is 4.69. The largest absolute Gasteiger partial charge is 0.341 e. The Hall–Kier alpha value is -4.72. The van der Waals surface area contributed by atoms with Gasteiger partial charge in [0.1, 0.15) is 5.82 Å². The van der Waals surface area contributed by atoms with Crippen molar-refractivity contribution in [2.75, 3.05) is 0 Å². The van der Waals surface area contributed by atoms with Crippen molar-refractivity contribution < 1.29 is 9.18 Å². The van der Waals surface area contributed by atoms with Crippen LogP contribution in [0.3, 0.4) is 0 Å². The maximum atomic E-state index is 14.3. The minimum Gasteiger partial charge on any atom is -0.341 e. The third-order valence-corrected chi connectivity index (χ3v) is 5.68. The van der Waals surface area contributed by atoms with E-state index in [-0.39, 0.29) is 23.7 Å². The first-order valence-electron chi connectivity index (χ1n) is 11.0. The molecule has 0 radical (unpaired) electrons. The van der Waals surface area contributed by atoms with Gasteiger partial charge in [-0.3, -0.25) is 9.78 Å². The van der Waals surface area contributed by atoms with Crippen LogP contribution < -0.4 is 5.32 Å². The average molecular weight is 465 g/mol. The van der Waals surface area contributed by atoms with Crippen LogP contribution in [0.15, 0.2) is 97.6 Å². The summed E-state index contributed by atoms with van der Waals surface area (Å²) in [5, 5.41) is 7.45. The van der Waals surface area contributed by atoms with Crippen molar-refractivity contribution in [3.8, 4) is 17.2 Å². The van der Waals surface area contributed by atoms with Crippen LogP contribution in [-0.2, 0) is 0 Å². The minimum atomic E-state index is -0.377. The molecule has 5 rings (SSSR count). The van der Waals surface area contributed by atoms with E-state index in [4.69, 9.17) is 0 Å². The van der Waals surface area contributed by atoms with Gasteiger partial charge >= 0.3 is 0 Å². The lowest BCUT2D eigenvalue weighted by molar-refractivity contribution is 0.0942. The second-order valence-corrected chi connectivity index (χ2v) is 7.87. The first-order chi connectivity index (χ1) is 17.1. The summed E-state index contributed by atoms with van der Waals surface area (Å²) in [6.45, 7) is 1.77. The summed E-state index contributed by atoms with van der Waals surface area (Å²) in [5.41, 5.74) is 3.59. The molecule has 0 fully saturated rings. The number of pyridine rings is 1. The Kier molecular flexibility index (Phi) is 6.09. The van der Waals surface area contributed by atoms with Crippen LogP contribution in [0.1, 0.15) is 33.2 Å². The standard InChI is InChI=1S/C27H21FN6O/c1-18-22(26(35)33-25(19-7-3-2-4-8-19)20-11-14-29-15-12-20)17-31-34(18)27-30-16-13-24(32-27)21-9-5-6-10-23(21)28/h2-17,25H,1H3,(H,33,35). The summed E-state index contributed by atoms with van der Waals surface area (Å²) >= 11 is 0. The van der Waals surface area contributed by atoms with Crippen LogP contribution in [0.5, 0.6) is 0 Å². The zero-order valence-corrected chi connectivity index (χ0v) is 18.8. The highest BCUT2D eigenvalue weighted by atomic mass is 19.1. The Morgan fingerprint density at radius 1 is 0.914 bits per heavy atom. The molecule has 1 unspecified atom stereocenters. The summed E-state index contributed by atoms with van der Waals surface area (Å²) in [6.07, 6.45) is 6.42. The van der Waals surface area contributed by atoms with E-state index in [1.807, 2.05) is 42.5 Å². The molecule has 8 heteroatoms. The highest BCUT2D eigenvalue weighted by Gasteiger charge is 2.22. The molecule has 1 N–H and O–H groups in total. The molecule has 0 aliphatic heterocycles.